The minimum absolute atomic E-state index is 0. The minimum Gasteiger partial charge on any atom is -0.351 e. The molecule has 1 aromatic heterocycles. The number of aromatic nitrogens is 3. The molecule has 3 rings (SSSR count). The Morgan fingerprint density at radius 2 is 2.04 bits per heavy atom. The molecule has 0 radical (unpaired) electrons. The Morgan fingerprint density at radius 1 is 1.25 bits per heavy atom. The summed E-state index contributed by atoms with van der Waals surface area (Å²) in [5.41, 5.74) is 1.64. The van der Waals surface area contributed by atoms with Crippen molar-refractivity contribution in [2.75, 3.05) is 39.3 Å². The van der Waals surface area contributed by atoms with E-state index >= 15 is 0 Å². The highest BCUT2D eigenvalue weighted by molar-refractivity contribution is 5.95. The van der Waals surface area contributed by atoms with Crippen LogP contribution >= 0.6 is 12.4 Å². The fraction of sp³-hybridized carbons (Fsp3) is 0.438. The Bertz CT molecular complexity index is 627. The normalized spacial score (nSPS) is 14.8. The maximum absolute atomic E-state index is 12.4. The highest BCUT2D eigenvalue weighted by atomic mass is 35.5. The number of halogens is 1. The van der Waals surface area contributed by atoms with Crippen LogP contribution in [0.25, 0.3) is 0 Å². The van der Waals surface area contributed by atoms with Crippen molar-refractivity contribution in [1.29, 1.82) is 0 Å². The van der Waals surface area contributed by atoms with Gasteiger partial charge in [-0.3, -0.25) is 9.69 Å². The molecule has 0 bridgehead atoms. The number of carbonyl (C=O) groups is 1. The van der Waals surface area contributed by atoms with Gasteiger partial charge < -0.3 is 10.6 Å². The molecule has 2 heterocycles. The number of carbonyl (C=O) groups excluding carboxylic acids is 1. The monoisotopic (exact) mass is 350 g/mol. The van der Waals surface area contributed by atoms with E-state index in [4.69, 9.17) is 0 Å². The zero-order chi connectivity index (χ0) is 15.9. The number of amides is 1. The van der Waals surface area contributed by atoms with E-state index in [1.807, 2.05) is 24.3 Å². The van der Waals surface area contributed by atoms with Crippen molar-refractivity contribution in [3.8, 4) is 0 Å². The predicted octanol–water partition coefficient (Wildman–Crippen LogP) is 0.383. The van der Waals surface area contributed by atoms with Crippen molar-refractivity contribution in [3.63, 3.8) is 0 Å². The van der Waals surface area contributed by atoms with Gasteiger partial charge in [0, 0.05) is 44.8 Å². The molecule has 2 N–H and O–H groups in total. The molecule has 1 aliphatic rings. The van der Waals surface area contributed by atoms with Crippen molar-refractivity contribution >= 4 is 18.3 Å². The number of nitrogens with one attached hydrogen (secondary N) is 2. The van der Waals surface area contributed by atoms with Gasteiger partial charge in [0.15, 0.2) is 0 Å². The molecule has 1 aromatic carbocycles. The maximum atomic E-state index is 12.4. The third-order valence-corrected chi connectivity index (χ3v) is 3.98. The number of benzene rings is 1. The lowest BCUT2D eigenvalue weighted by Crippen LogP contribution is -2.46. The largest absolute Gasteiger partial charge is 0.351 e. The Morgan fingerprint density at radius 3 is 2.79 bits per heavy atom. The smallest absolute Gasteiger partial charge is 0.251 e. The van der Waals surface area contributed by atoms with Gasteiger partial charge in [-0.2, -0.15) is 5.10 Å². The third-order valence-electron chi connectivity index (χ3n) is 3.98. The summed E-state index contributed by atoms with van der Waals surface area (Å²) < 4.78 is 1.72. The van der Waals surface area contributed by atoms with Crippen molar-refractivity contribution < 1.29 is 4.79 Å². The van der Waals surface area contributed by atoms with E-state index in [2.05, 4.69) is 25.6 Å². The molecule has 0 unspecified atom stereocenters. The SMILES string of the molecule is Cl.O=C(NCCN1CCNCC1)c1ccccc1Cn1cncn1. The molecule has 0 atom stereocenters. The van der Waals surface area contributed by atoms with E-state index in [1.165, 1.54) is 6.33 Å². The van der Waals surface area contributed by atoms with E-state index in [0.29, 0.717) is 18.7 Å². The molecular weight excluding hydrogens is 328 g/mol. The van der Waals surface area contributed by atoms with Crippen molar-refractivity contribution in [2.24, 2.45) is 0 Å². The predicted molar refractivity (Wildman–Crippen MR) is 94.5 cm³/mol. The second-order valence-corrected chi connectivity index (χ2v) is 5.60. The number of rotatable bonds is 6. The summed E-state index contributed by atoms with van der Waals surface area (Å²) in [6, 6.07) is 7.62. The van der Waals surface area contributed by atoms with Gasteiger partial charge in [0.05, 0.1) is 6.54 Å². The minimum atomic E-state index is -0.0316. The fourth-order valence-corrected chi connectivity index (χ4v) is 2.73. The zero-order valence-electron chi connectivity index (χ0n) is 13.5. The van der Waals surface area contributed by atoms with Crippen LogP contribution in [0.4, 0.5) is 0 Å². The van der Waals surface area contributed by atoms with Crippen molar-refractivity contribution in [1.82, 2.24) is 30.3 Å². The van der Waals surface area contributed by atoms with E-state index in [0.717, 1.165) is 38.3 Å². The highest BCUT2D eigenvalue weighted by Crippen LogP contribution is 2.10. The molecule has 1 fully saturated rings. The molecule has 0 aliphatic carbocycles. The first-order valence-corrected chi connectivity index (χ1v) is 7.94. The number of piperazine rings is 1. The lowest BCUT2D eigenvalue weighted by molar-refractivity contribution is 0.0946. The van der Waals surface area contributed by atoms with Crippen LogP contribution < -0.4 is 10.6 Å². The van der Waals surface area contributed by atoms with E-state index in [9.17, 15) is 4.79 Å². The van der Waals surface area contributed by atoms with Gasteiger partial charge in [-0.1, -0.05) is 18.2 Å². The number of nitrogens with zero attached hydrogens (tertiary/aromatic N) is 4. The van der Waals surface area contributed by atoms with Gasteiger partial charge in [-0.25, -0.2) is 9.67 Å². The quantitative estimate of drug-likeness (QED) is 0.788. The Balaban J connectivity index is 0.00000208. The first-order valence-electron chi connectivity index (χ1n) is 7.94. The Hall–Kier alpha value is -1.96. The lowest BCUT2D eigenvalue weighted by atomic mass is 10.1. The molecule has 7 nitrogen and oxygen atoms in total. The highest BCUT2D eigenvalue weighted by Gasteiger charge is 2.13. The summed E-state index contributed by atoms with van der Waals surface area (Å²) in [6.45, 7) is 6.22. The first-order chi connectivity index (χ1) is 11.3. The summed E-state index contributed by atoms with van der Waals surface area (Å²) >= 11 is 0. The molecule has 0 saturated carbocycles. The third kappa shape index (κ3) is 5.02. The van der Waals surface area contributed by atoms with Crippen LogP contribution in [-0.4, -0.2) is 64.8 Å². The molecule has 1 aliphatic heterocycles. The second-order valence-electron chi connectivity index (χ2n) is 5.60. The van der Waals surface area contributed by atoms with Gasteiger partial charge >= 0.3 is 0 Å². The van der Waals surface area contributed by atoms with Crippen molar-refractivity contribution in [2.45, 2.75) is 6.54 Å². The van der Waals surface area contributed by atoms with E-state index in [-0.39, 0.29) is 18.3 Å². The molecule has 1 amide bonds. The Kier molecular flexibility index (Phi) is 7.17. The average molecular weight is 351 g/mol. The van der Waals surface area contributed by atoms with Gasteiger partial charge in [0.25, 0.3) is 5.91 Å². The lowest BCUT2D eigenvalue weighted by Gasteiger charge is -2.27. The number of hydrogen-bond acceptors (Lipinski definition) is 5. The molecule has 1 saturated heterocycles. The van der Waals surface area contributed by atoms with Gasteiger partial charge in [-0.05, 0) is 11.6 Å². The molecule has 24 heavy (non-hydrogen) atoms. The number of hydrogen-bond donors (Lipinski definition) is 2. The van der Waals surface area contributed by atoms with Crippen LogP contribution in [-0.2, 0) is 6.54 Å². The van der Waals surface area contributed by atoms with Crippen molar-refractivity contribution in [3.05, 3.63) is 48.0 Å². The van der Waals surface area contributed by atoms with Crippen LogP contribution in [0.2, 0.25) is 0 Å². The maximum Gasteiger partial charge on any atom is 0.251 e. The summed E-state index contributed by atoms with van der Waals surface area (Å²) in [4.78, 5) is 18.7. The van der Waals surface area contributed by atoms with Crippen LogP contribution in [0.15, 0.2) is 36.9 Å². The molecule has 8 heteroatoms. The van der Waals surface area contributed by atoms with Gasteiger partial charge in [0.1, 0.15) is 12.7 Å². The summed E-state index contributed by atoms with van der Waals surface area (Å²) in [7, 11) is 0. The van der Waals surface area contributed by atoms with Crippen LogP contribution in [0.3, 0.4) is 0 Å². The standard InChI is InChI=1S/C16H22N6O.ClH/c23-16(19-7-10-21-8-5-17-6-9-21)15-4-2-1-3-14(15)11-22-13-18-12-20-22;/h1-4,12-13,17H,5-11H2,(H,19,23);1H. The van der Waals surface area contributed by atoms with Crippen LogP contribution in [0.1, 0.15) is 15.9 Å². The fourth-order valence-electron chi connectivity index (χ4n) is 2.73. The first kappa shape index (κ1) is 18.4. The molecule has 2 aromatic rings. The van der Waals surface area contributed by atoms with E-state index < -0.39 is 0 Å². The zero-order valence-corrected chi connectivity index (χ0v) is 14.3. The summed E-state index contributed by atoms with van der Waals surface area (Å²) in [5.74, 6) is -0.0316. The van der Waals surface area contributed by atoms with Gasteiger partial charge in [0.2, 0.25) is 0 Å². The Labute approximate surface area is 147 Å². The average Bonchev–Trinajstić information content (AvgIpc) is 3.09. The second kappa shape index (κ2) is 9.36. The molecular formula is C16H23ClN6O. The summed E-state index contributed by atoms with van der Waals surface area (Å²) in [5, 5.41) is 10.4. The van der Waals surface area contributed by atoms with Crippen LogP contribution in [0, 0.1) is 0 Å². The molecule has 0 spiro atoms. The summed E-state index contributed by atoms with van der Waals surface area (Å²) in [6.07, 6.45) is 3.15. The molecule has 130 valence electrons. The van der Waals surface area contributed by atoms with Gasteiger partial charge in [-0.15, -0.1) is 12.4 Å². The topological polar surface area (TPSA) is 75.1 Å². The van der Waals surface area contributed by atoms with E-state index in [1.54, 1.807) is 11.0 Å². The van der Waals surface area contributed by atoms with Crippen LogP contribution in [0.5, 0.6) is 0 Å².